The third-order valence-corrected chi connectivity index (χ3v) is 4.73. The molecule has 0 bridgehead atoms. The van der Waals surface area contributed by atoms with Crippen molar-refractivity contribution in [2.75, 3.05) is 0 Å². The molecule has 2 saturated carbocycles. The van der Waals surface area contributed by atoms with Crippen molar-refractivity contribution in [2.45, 2.75) is 70.3 Å². The molecule has 0 atom stereocenters. The monoisotopic (exact) mass is 387 g/mol. The summed E-state index contributed by atoms with van der Waals surface area (Å²) in [4.78, 5) is 0. The smallest absolute Gasteiger partial charge is 0.104 e. The van der Waals surface area contributed by atoms with Gasteiger partial charge in [-0.05, 0) is 11.1 Å². The van der Waals surface area contributed by atoms with Crippen LogP contribution in [0.15, 0.2) is 60.7 Å². The molecular formula is C24H35OTi-. The number of rotatable bonds is 2. The summed E-state index contributed by atoms with van der Waals surface area (Å²) in [6, 6.07) is 19.3. The van der Waals surface area contributed by atoms with E-state index in [1.165, 1.54) is 64.2 Å². The van der Waals surface area contributed by atoms with Crippen LogP contribution in [0.5, 0.6) is 0 Å². The van der Waals surface area contributed by atoms with Gasteiger partial charge in [-0.2, -0.15) is 0 Å². The predicted octanol–water partition coefficient (Wildman–Crippen LogP) is 7.12. The van der Waals surface area contributed by atoms with Crippen molar-refractivity contribution in [1.82, 2.24) is 0 Å². The van der Waals surface area contributed by atoms with E-state index in [1.807, 2.05) is 60.7 Å². The molecule has 1 N–H and O–H groups in total. The van der Waals surface area contributed by atoms with Crippen LogP contribution in [0.4, 0.5) is 0 Å². The van der Waals surface area contributed by atoms with Crippen molar-refractivity contribution >= 4 is 0 Å². The molecule has 0 heterocycles. The minimum Gasteiger partial charge on any atom is -0.384 e. The maximum absolute atomic E-state index is 9.99. The van der Waals surface area contributed by atoms with Crippen LogP contribution in [-0.4, -0.2) is 5.11 Å². The minimum atomic E-state index is -0.516. The molecule has 0 unspecified atom stereocenters. The molecule has 2 aromatic carbocycles. The molecule has 1 nitrogen and oxygen atoms in total. The second kappa shape index (κ2) is 16.3. The molecule has 0 radical (unpaired) electrons. The third-order valence-electron chi connectivity index (χ3n) is 4.73. The van der Waals surface area contributed by atoms with Gasteiger partial charge in [0.25, 0.3) is 0 Å². The molecule has 2 aromatic rings. The summed E-state index contributed by atoms with van der Waals surface area (Å²) >= 11 is 0. The van der Waals surface area contributed by atoms with E-state index in [0.717, 1.165) is 11.1 Å². The van der Waals surface area contributed by atoms with Gasteiger partial charge in [0.05, 0.1) is 0 Å². The molecule has 2 aliphatic rings. The van der Waals surface area contributed by atoms with Gasteiger partial charge in [-0.1, -0.05) is 125 Å². The summed E-state index contributed by atoms with van der Waals surface area (Å²) in [7, 11) is 0. The van der Waals surface area contributed by atoms with Crippen LogP contribution in [0.25, 0.3) is 0 Å². The van der Waals surface area contributed by atoms with Gasteiger partial charge < -0.3 is 12.5 Å². The van der Waals surface area contributed by atoms with Crippen LogP contribution in [-0.2, 0) is 21.7 Å². The molecule has 2 fully saturated rings. The van der Waals surface area contributed by atoms with E-state index in [-0.39, 0.29) is 29.1 Å². The Balaban J connectivity index is 0.000000432. The van der Waals surface area contributed by atoms with E-state index in [2.05, 4.69) is 0 Å². The minimum absolute atomic E-state index is 0. The summed E-state index contributed by atoms with van der Waals surface area (Å²) in [6.45, 7) is 0. The van der Waals surface area contributed by atoms with Crippen LogP contribution < -0.4 is 0 Å². The van der Waals surface area contributed by atoms with Gasteiger partial charge in [0.1, 0.15) is 6.10 Å². The molecule has 2 heteroatoms. The molecule has 0 spiro atoms. The van der Waals surface area contributed by atoms with Gasteiger partial charge in [0, 0.05) is 21.7 Å². The number of aliphatic hydroxyl groups excluding tert-OH is 1. The normalized spacial score (nSPS) is 14.8. The quantitative estimate of drug-likeness (QED) is 0.430. The Kier molecular flexibility index (Phi) is 15.7. The van der Waals surface area contributed by atoms with Gasteiger partial charge in [0.15, 0.2) is 0 Å². The Morgan fingerprint density at radius 1 is 0.500 bits per heavy atom. The first-order valence-electron chi connectivity index (χ1n) is 9.66. The zero-order valence-electron chi connectivity index (χ0n) is 16.4. The van der Waals surface area contributed by atoms with E-state index < -0.39 is 6.10 Å². The largest absolute Gasteiger partial charge is 0.384 e. The molecule has 26 heavy (non-hydrogen) atoms. The van der Waals surface area contributed by atoms with Crippen LogP contribution in [0.1, 0.15) is 81.4 Å². The Bertz CT molecular complexity index is 454. The maximum Gasteiger partial charge on any atom is 0.104 e. The fourth-order valence-electron chi connectivity index (χ4n) is 3.23. The van der Waals surface area contributed by atoms with Crippen LogP contribution >= 0.6 is 0 Å². The number of benzene rings is 2. The second-order valence-corrected chi connectivity index (χ2v) is 6.76. The van der Waals surface area contributed by atoms with Gasteiger partial charge in [0.2, 0.25) is 0 Å². The SMILES string of the molecule is C1CCCC1.C1CCCC1.OC(c1ccccc1)c1ccccc1.[CH3-].[Ti]. The fraction of sp³-hybridized carbons (Fsp3) is 0.458. The van der Waals surface area contributed by atoms with Gasteiger partial charge in [-0.3, -0.25) is 0 Å². The third kappa shape index (κ3) is 10.3. The molecular weight excluding hydrogens is 352 g/mol. The van der Waals surface area contributed by atoms with Crippen molar-refractivity contribution in [1.29, 1.82) is 0 Å². The summed E-state index contributed by atoms with van der Waals surface area (Å²) < 4.78 is 0. The first-order valence-corrected chi connectivity index (χ1v) is 9.66. The molecule has 2 aliphatic carbocycles. The number of aliphatic hydroxyl groups is 1. The van der Waals surface area contributed by atoms with Crippen molar-refractivity contribution in [3.05, 3.63) is 79.2 Å². The van der Waals surface area contributed by atoms with E-state index in [1.54, 1.807) is 0 Å². The van der Waals surface area contributed by atoms with E-state index in [9.17, 15) is 5.11 Å². The summed E-state index contributed by atoms with van der Waals surface area (Å²) in [6.07, 6.45) is 14.5. The average molecular weight is 387 g/mol. The maximum atomic E-state index is 9.99. The molecule has 0 aliphatic heterocycles. The molecule has 0 saturated heterocycles. The topological polar surface area (TPSA) is 20.2 Å². The van der Waals surface area contributed by atoms with E-state index in [4.69, 9.17) is 0 Å². The zero-order chi connectivity index (χ0) is 16.9. The Morgan fingerprint density at radius 2 is 0.731 bits per heavy atom. The first-order chi connectivity index (χ1) is 11.9. The fourth-order valence-corrected chi connectivity index (χ4v) is 3.23. The van der Waals surface area contributed by atoms with Crippen LogP contribution in [0.3, 0.4) is 0 Å². The second-order valence-electron chi connectivity index (χ2n) is 6.76. The predicted molar refractivity (Wildman–Crippen MR) is 110 cm³/mol. The van der Waals surface area contributed by atoms with E-state index >= 15 is 0 Å². The van der Waals surface area contributed by atoms with Crippen molar-refractivity contribution in [3.63, 3.8) is 0 Å². The summed E-state index contributed by atoms with van der Waals surface area (Å²) in [5.41, 5.74) is 1.86. The standard InChI is InChI=1S/C13H12O.2C5H10.CH3.Ti/c14-13(11-7-3-1-4-8-11)12-9-5-2-6-10-12;2*1-2-4-5-3-1;;/h1-10,13-14H;2*1-5H2;1H3;/q;;;-1;. The Morgan fingerprint density at radius 3 is 0.962 bits per heavy atom. The van der Waals surface area contributed by atoms with Crippen molar-refractivity contribution < 1.29 is 26.8 Å². The van der Waals surface area contributed by atoms with Crippen LogP contribution in [0, 0.1) is 7.43 Å². The molecule has 0 aromatic heterocycles. The Labute approximate surface area is 176 Å². The van der Waals surface area contributed by atoms with Crippen molar-refractivity contribution in [2.24, 2.45) is 0 Å². The average Bonchev–Trinajstić information content (AvgIpc) is 3.41. The van der Waals surface area contributed by atoms with Gasteiger partial charge in [-0.15, -0.1) is 0 Å². The zero-order valence-corrected chi connectivity index (χ0v) is 17.9. The Hall–Kier alpha value is -0.886. The number of hydrogen-bond acceptors (Lipinski definition) is 1. The van der Waals surface area contributed by atoms with Crippen molar-refractivity contribution in [3.8, 4) is 0 Å². The van der Waals surface area contributed by atoms with Gasteiger partial charge >= 0.3 is 0 Å². The van der Waals surface area contributed by atoms with E-state index in [0.29, 0.717) is 0 Å². The molecule has 4 rings (SSSR count). The van der Waals surface area contributed by atoms with Gasteiger partial charge in [-0.25, -0.2) is 0 Å². The van der Waals surface area contributed by atoms with Crippen LogP contribution in [0.2, 0.25) is 0 Å². The molecule has 0 amide bonds. The molecule has 142 valence electrons. The number of hydrogen-bond donors (Lipinski definition) is 1. The summed E-state index contributed by atoms with van der Waals surface area (Å²) in [5, 5.41) is 9.99. The summed E-state index contributed by atoms with van der Waals surface area (Å²) in [5.74, 6) is 0. The first kappa shape index (κ1) is 25.1.